The summed E-state index contributed by atoms with van der Waals surface area (Å²) in [6.07, 6.45) is 0. The van der Waals surface area contributed by atoms with E-state index in [2.05, 4.69) is 15.5 Å². The van der Waals surface area contributed by atoms with Gasteiger partial charge in [0.25, 0.3) is 5.09 Å². The summed E-state index contributed by atoms with van der Waals surface area (Å²) >= 11 is 1.64. The van der Waals surface area contributed by atoms with E-state index in [1.807, 2.05) is 0 Å². The molecule has 1 aliphatic rings. The highest BCUT2D eigenvalue weighted by molar-refractivity contribution is 7.99. The number of nitrogens with one attached hydrogen (secondary N) is 2. The molecule has 0 aromatic carbocycles. The molecule has 8 heteroatoms. The van der Waals surface area contributed by atoms with E-state index < -0.39 is 5.09 Å². The Labute approximate surface area is 84.7 Å². The molecule has 1 aliphatic heterocycles. The van der Waals surface area contributed by atoms with Crippen molar-refractivity contribution in [2.24, 2.45) is 0 Å². The molecular formula is C6H11N3O4S. The van der Waals surface area contributed by atoms with Gasteiger partial charge < -0.3 is 10.2 Å². The van der Waals surface area contributed by atoms with Gasteiger partial charge in [0, 0.05) is 18.2 Å². The lowest BCUT2D eigenvalue weighted by atomic mass is 10.3. The van der Waals surface area contributed by atoms with Crippen LogP contribution in [0.1, 0.15) is 0 Å². The molecule has 0 aromatic rings. The van der Waals surface area contributed by atoms with Gasteiger partial charge in [-0.1, -0.05) is 0 Å². The first-order valence-electron chi connectivity index (χ1n) is 4.06. The zero-order valence-electron chi connectivity index (χ0n) is 7.39. The molecule has 1 rings (SSSR count). The van der Waals surface area contributed by atoms with Gasteiger partial charge in [-0.15, -0.1) is 21.9 Å². The minimum atomic E-state index is -0.879. The van der Waals surface area contributed by atoms with Crippen LogP contribution in [0, 0.1) is 10.1 Å². The van der Waals surface area contributed by atoms with Gasteiger partial charge in [-0.05, 0) is 0 Å². The van der Waals surface area contributed by atoms with Crippen LogP contribution in [0.15, 0.2) is 0 Å². The number of thioether (sulfide) groups is 1. The van der Waals surface area contributed by atoms with Crippen LogP contribution < -0.4 is 10.6 Å². The smallest absolute Gasteiger partial charge is 0.294 e. The van der Waals surface area contributed by atoms with E-state index in [1.165, 1.54) is 0 Å². The predicted molar refractivity (Wildman–Crippen MR) is 50.2 cm³/mol. The molecule has 0 radical (unpaired) electrons. The molecule has 0 aliphatic carbocycles. The van der Waals surface area contributed by atoms with Crippen molar-refractivity contribution in [3.8, 4) is 0 Å². The van der Waals surface area contributed by atoms with E-state index >= 15 is 0 Å². The highest BCUT2D eigenvalue weighted by Gasteiger charge is 2.21. The summed E-state index contributed by atoms with van der Waals surface area (Å²) in [5, 5.41) is 14.4. The molecule has 14 heavy (non-hydrogen) atoms. The van der Waals surface area contributed by atoms with Crippen molar-refractivity contribution in [2.45, 2.75) is 6.04 Å². The van der Waals surface area contributed by atoms with Crippen LogP contribution >= 0.6 is 11.8 Å². The molecule has 0 unspecified atom stereocenters. The van der Waals surface area contributed by atoms with Gasteiger partial charge in [0.1, 0.15) is 6.61 Å². The SMILES string of the molecule is O=C(NCCO[N+](=O)[O-])[C@@H]1CSCN1. The molecule has 0 saturated carbocycles. The number of amides is 1. The van der Waals surface area contributed by atoms with Crippen LogP contribution in [0.5, 0.6) is 0 Å². The van der Waals surface area contributed by atoms with Crippen molar-refractivity contribution in [3.63, 3.8) is 0 Å². The van der Waals surface area contributed by atoms with E-state index in [0.29, 0.717) is 0 Å². The second-order valence-corrected chi connectivity index (χ2v) is 3.65. The first kappa shape index (κ1) is 11.1. The third kappa shape index (κ3) is 3.79. The first-order valence-corrected chi connectivity index (χ1v) is 5.22. The third-order valence-electron chi connectivity index (χ3n) is 1.63. The Morgan fingerprint density at radius 3 is 3.14 bits per heavy atom. The highest BCUT2D eigenvalue weighted by atomic mass is 32.2. The van der Waals surface area contributed by atoms with Crippen LogP contribution in [0.25, 0.3) is 0 Å². The van der Waals surface area contributed by atoms with Crippen molar-refractivity contribution in [3.05, 3.63) is 10.1 Å². The number of carbonyl (C=O) groups excluding carboxylic acids is 1. The Morgan fingerprint density at radius 2 is 2.57 bits per heavy atom. The molecule has 0 aromatic heterocycles. The third-order valence-corrected chi connectivity index (χ3v) is 2.57. The minimum absolute atomic E-state index is 0.112. The lowest BCUT2D eigenvalue weighted by Gasteiger charge is -2.09. The quantitative estimate of drug-likeness (QED) is 0.350. The van der Waals surface area contributed by atoms with Crippen molar-refractivity contribution < 1.29 is 14.7 Å². The Kier molecular flexibility index (Phi) is 4.47. The lowest BCUT2D eigenvalue weighted by molar-refractivity contribution is -0.757. The van der Waals surface area contributed by atoms with Crippen molar-refractivity contribution in [2.75, 3.05) is 24.8 Å². The molecule has 7 nitrogen and oxygen atoms in total. The van der Waals surface area contributed by atoms with E-state index in [9.17, 15) is 14.9 Å². The zero-order chi connectivity index (χ0) is 10.4. The van der Waals surface area contributed by atoms with Crippen molar-refractivity contribution in [1.82, 2.24) is 10.6 Å². The molecular weight excluding hydrogens is 210 g/mol. The fourth-order valence-corrected chi connectivity index (χ4v) is 1.92. The fourth-order valence-electron chi connectivity index (χ4n) is 0.981. The maximum Gasteiger partial charge on any atom is 0.294 e. The van der Waals surface area contributed by atoms with E-state index in [1.54, 1.807) is 11.8 Å². The number of hydrogen-bond acceptors (Lipinski definition) is 6. The Bertz CT molecular complexity index is 219. The molecule has 0 bridgehead atoms. The summed E-state index contributed by atoms with van der Waals surface area (Å²) in [4.78, 5) is 25.1. The van der Waals surface area contributed by atoms with Crippen LogP contribution in [0.3, 0.4) is 0 Å². The fraction of sp³-hybridized carbons (Fsp3) is 0.833. The van der Waals surface area contributed by atoms with E-state index in [0.717, 1.165) is 11.6 Å². The number of nitrogens with zero attached hydrogens (tertiary/aromatic N) is 1. The molecule has 2 N–H and O–H groups in total. The molecule has 1 amide bonds. The topological polar surface area (TPSA) is 93.5 Å². The van der Waals surface area contributed by atoms with Crippen LogP contribution in [0.2, 0.25) is 0 Å². The van der Waals surface area contributed by atoms with Gasteiger partial charge in [0.05, 0.1) is 6.04 Å². The summed E-state index contributed by atoms with van der Waals surface area (Å²) in [6, 6.07) is -0.185. The largest absolute Gasteiger partial charge is 0.353 e. The Balaban J connectivity index is 2.05. The van der Waals surface area contributed by atoms with E-state index in [-0.39, 0.29) is 25.1 Å². The van der Waals surface area contributed by atoms with Gasteiger partial charge in [-0.25, -0.2) is 0 Å². The second kappa shape index (κ2) is 5.66. The van der Waals surface area contributed by atoms with Crippen LogP contribution in [-0.2, 0) is 9.63 Å². The van der Waals surface area contributed by atoms with Crippen LogP contribution in [-0.4, -0.2) is 41.8 Å². The highest BCUT2D eigenvalue weighted by Crippen LogP contribution is 2.08. The number of carbonyl (C=O) groups is 1. The lowest BCUT2D eigenvalue weighted by Crippen LogP contribution is -2.43. The van der Waals surface area contributed by atoms with Gasteiger partial charge in [-0.3, -0.25) is 10.1 Å². The zero-order valence-corrected chi connectivity index (χ0v) is 8.21. The van der Waals surface area contributed by atoms with Gasteiger partial charge in [-0.2, -0.15) is 0 Å². The Morgan fingerprint density at radius 1 is 1.79 bits per heavy atom. The summed E-state index contributed by atoms with van der Waals surface area (Å²) in [5.74, 6) is 1.37. The predicted octanol–water partition coefficient (Wildman–Crippen LogP) is -1.03. The Hall–Kier alpha value is -1.02. The van der Waals surface area contributed by atoms with Crippen LogP contribution in [0.4, 0.5) is 0 Å². The van der Waals surface area contributed by atoms with Crippen molar-refractivity contribution in [1.29, 1.82) is 0 Å². The van der Waals surface area contributed by atoms with Gasteiger partial charge in [0.15, 0.2) is 0 Å². The normalized spacial score (nSPS) is 20.4. The molecule has 1 saturated heterocycles. The molecule has 0 spiro atoms. The number of rotatable bonds is 5. The minimum Gasteiger partial charge on any atom is -0.353 e. The second-order valence-electron chi connectivity index (χ2n) is 2.62. The summed E-state index contributed by atoms with van der Waals surface area (Å²) < 4.78 is 0. The van der Waals surface area contributed by atoms with Crippen molar-refractivity contribution >= 4 is 17.7 Å². The monoisotopic (exact) mass is 221 g/mol. The molecule has 1 atom stereocenters. The standard InChI is InChI=1S/C6H11N3O4S/c10-6(5-3-14-4-8-5)7-1-2-13-9(11)12/h5,8H,1-4H2,(H,7,10)/t5-/m0/s1. The summed E-state index contributed by atoms with van der Waals surface area (Å²) in [6.45, 7) is 0.0429. The maximum atomic E-state index is 11.3. The van der Waals surface area contributed by atoms with Gasteiger partial charge >= 0.3 is 0 Å². The molecule has 1 fully saturated rings. The average Bonchev–Trinajstić information content (AvgIpc) is 2.64. The average molecular weight is 221 g/mol. The first-order chi connectivity index (χ1) is 6.70. The molecule has 80 valence electrons. The number of hydrogen-bond donors (Lipinski definition) is 2. The summed E-state index contributed by atoms with van der Waals surface area (Å²) in [7, 11) is 0. The van der Waals surface area contributed by atoms with Gasteiger partial charge in [0.2, 0.25) is 5.91 Å². The maximum absolute atomic E-state index is 11.3. The molecule has 1 heterocycles. The van der Waals surface area contributed by atoms with E-state index in [4.69, 9.17) is 0 Å². The summed E-state index contributed by atoms with van der Waals surface area (Å²) in [5.41, 5.74) is 0.